The number of hydrogen-bond donors (Lipinski definition) is 2. The van der Waals surface area contributed by atoms with Crippen LogP contribution in [-0.2, 0) is 0 Å². The minimum atomic E-state index is -0.754. The maximum atomic E-state index is 13.3. The van der Waals surface area contributed by atoms with E-state index in [-0.39, 0.29) is 5.56 Å². The van der Waals surface area contributed by atoms with Gasteiger partial charge < -0.3 is 5.73 Å². The molecular weight excluding hydrogens is 264 g/mol. The van der Waals surface area contributed by atoms with Crippen LogP contribution in [0.2, 0.25) is 0 Å². The molecule has 0 saturated heterocycles. The first-order chi connectivity index (χ1) is 9.58. The van der Waals surface area contributed by atoms with E-state index in [1.165, 1.54) is 18.2 Å². The van der Waals surface area contributed by atoms with Gasteiger partial charge in [0, 0.05) is 11.3 Å². The van der Waals surface area contributed by atoms with Crippen molar-refractivity contribution in [3.05, 3.63) is 65.2 Å². The highest BCUT2D eigenvalue weighted by molar-refractivity contribution is 5.95. The van der Waals surface area contributed by atoms with Crippen LogP contribution in [0.1, 0.15) is 15.9 Å². The standard InChI is InChI=1S/C14H11F2N3O/c15-12-2-1-3-13(16)11(12)8-18-19-14(20)9-4-6-10(17)7-5-9/h1-8H,17H2,(H,19,20)/b18-8+. The van der Waals surface area contributed by atoms with E-state index in [1.54, 1.807) is 12.1 Å². The quantitative estimate of drug-likeness (QED) is 0.513. The third-order valence-corrected chi connectivity index (χ3v) is 2.53. The second kappa shape index (κ2) is 5.92. The Labute approximate surface area is 113 Å². The zero-order chi connectivity index (χ0) is 14.5. The van der Waals surface area contributed by atoms with Gasteiger partial charge in [-0.05, 0) is 36.4 Å². The average Bonchev–Trinajstić information content (AvgIpc) is 2.42. The van der Waals surface area contributed by atoms with Crippen LogP contribution in [0.4, 0.5) is 14.5 Å². The van der Waals surface area contributed by atoms with Gasteiger partial charge in [-0.3, -0.25) is 4.79 Å². The van der Waals surface area contributed by atoms with Crippen molar-refractivity contribution in [1.29, 1.82) is 0 Å². The van der Waals surface area contributed by atoms with Gasteiger partial charge in [-0.2, -0.15) is 5.10 Å². The zero-order valence-corrected chi connectivity index (χ0v) is 10.3. The topological polar surface area (TPSA) is 67.5 Å². The summed E-state index contributed by atoms with van der Waals surface area (Å²) in [7, 11) is 0. The van der Waals surface area contributed by atoms with E-state index in [2.05, 4.69) is 10.5 Å². The number of halogens is 2. The normalized spacial score (nSPS) is 10.7. The molecule has 20 heavy (non-hydrogen) atoms. The Morgan fingerprint density at radius 2 is 1.70 bits per heavy atom. The summed E-state index contributed by atoms with van der Waals surface area (Å²) in [6.45, 7) is 0. The lowest BCUT2D eigenvalue weighted by Crippen LogP contribution is -2.17. The highest BCUT2D eigenvalue weighted by Gasteiger charge is 2.06. The predicted molar refractivity (Wildman–Crippen MR) is 72.3 cm³/mol. The number of hydrogen-bond acceptors (Lipinski definition) is 3. The molecule has 0 unspecified atom stereocenters. The van der Waals surface area contributed by atoms with Crippen molar-refractivity contribution in [2.45, 2.75) is 0 Å². The highest BCUT2D eigenvalue weighted by Crippen LogP contribution is 2.09. The van der Waals surface area contributed by atoms with E-state index in [0.29, 0.717) is 11.3 Å². The number of benzene rings is 2. The summed E-state index contributed by atoms with van der Waals surface area (Å²) < 4.78 is 26.6. The molecule has 0 saturated carbocycles. The van der Waals surface area contributed by atoms with Gasteiger partial charge >= 0.3 is 0 Å². The fourth-order valence-electron chi connectivity index (χ4n) is 1.49. The van der Waals surface area contributed by atoms with Gasteiger partial charge in [0.05, 0.1) is 11.8 Å². The molecule has 0 radical (unpaired) electrons. The summed E-state index contributed by atoms with van der Waals surface area (Å²) in [5.74, 6) is -2.01. The van der Waals surface area contributed by atoms with Crippen molar-refractivity contribution in [3.63, 3.8) is 0 Å². The Hall–Kier alpha value is -2.76. The smallest absolute Gasteiger partial charge is 0.271 e. The van der Waals surface area contributed by atoms with Crippen LogP contribution >= 0.6 is 0 Å². The Morgan fingerprint density at radius 3 is 2.30 bits per heavy atom. The van der Waals surface area contributed by atoms with Gasteiger partial charge in [-0.1, -0.05) is 6.07 Å². The monoisotopic (exact) mass is 275 g/mol. The summed E-state index contributed by atoms with van der Waals surface area (Å²) in [6.07, 6.45) is 0.917. The molecule has 0 aromatic heterocycles. The molecule has 3 N–H and O–H groups in total. The molecule has 102 valence electrons. The number of nitrogens with zero attached hydrogens (tertiary/aromatic N) is 1. The number of carbonyl (C=O) groups excluding carboxylic acids is 1. The minimum absolute atomic E-state index is 0.315. The Kier molecular flexibility index (Phi) is 4.05. The summed E-state index contributed by atoms with van der Waals surface area (Å²) in [5, 5.41) is 3.53. The fourth-order valence-corrected chi connectivity index (χ4v) is 1.49. The van der Waals surface area contributed by atoms with Crippen LogP contribution in [0.15, 0.2) is 47.6 Å². The van der Waals surface area contributed by atoms with E-state index < -0.39 is 17.5 Å². The molecule has 6 heteroatoms. The second-order valence-electron chi connectivity index (χ2n) is 3.96. The Bertz CT molecular complexity index is 634. The zero-order valence-electron chi connectivity index (χ0n) is 10.3. The average molecular weight is 275 g/mol. The van der Waals surface area contributed by atoms with Crippen molar-refractivity contribution in [2.75, 3.05) is 5.73 Å². The van der Waals surface area contributed by atoms with Crippen molar-refractivity contribution in [2.24, 2.45) is 5.10 Å². The number of anilines is 1. The van der Waals surface area contributed by atoms with Gasteiger partial charge in [0.2, 0.25) is 0 Å². The van der Waals surface area contributed by atoms with Gasteiger partial charge in [0.15, 0.2) is 0 Å². The lowest BCUT2D eigenvalue weighted by atomic mass is 10.2. The van der Waals surface area contributed by atoms with Crippen LogP contribution in [0.25, 0.3) is 0 Å². The Balaban J connectivity index is 2.06. The lowest BCUT2D eigenvalue weighted by Gasteiger charge is -2.01. The van der Waals surface area contributed by atoms with E-state index in [9.17, 15) is 13.6 Å². The number of nitrogens with two attached hydrogens (primary N) is 1. The lowest BCUT2D eigenvalue weighted by molar-refractivity contribution is 0.0955. The Morgan fingerprint density at radius 1 is 1.10 bits per heavy atom. The molecule has 0 aliphatic rings. The molecule has 0 spiro atoms. The number of carbonyl (C=O) groups is 1. The number of amides is 1. The molecule has 1 amide bonds. The first kappa shape index (κ1) is 13.7. The first-order valence-corrected chi connectivity index (χ1v) is 5.71. The van der Waals surface area contributed by atoms with Crippen LogP contribution in [0.5, 0.6) is 0 Å². The summed E-state index contributed by atoms with van der Waals surface area (Å²) in [4.78, 5) is 11.7. The van der Waals surface area contributed by atoms with Crippen molar-refractivity contribution in [1.82, 2.24) is 5.43 Å². The first-order valence-electron chi connectivity index (χ1n) is 5.71. The van der Waals surface area contributed by atoms with Gasteiger partial charge in [0.25, 0.3) is 5.91 Å². The van der Waals surface area contributed by atoms with E-state index in [1.807, 2.05) is 0 Å². The van der Waals surface area contributed by atoms with Crippen molar-refractivity contribution < 1.29 is 13.6 Å². The number of nitrogen functional groups attached to an aromatic ring is 1. The van der Waals surface area contributed by atoms with Crippen LogP contribution in [0, 0.1) is 11.6 Å². The van der Waals surface area contributed by atoms with Gasteiger partial charge in [-0.15, -0.1) is 0 Å². The van der Waals surface area contributed by atoms with Crippen molar-refractivity contribution >= 4 is 17.8 Å². The summed E-state index contributed by atoms with van der Waals surface area (Å²) in [6, 6.07) is 9.62. The predicted octanol–water partition coefficient (Wildman–Crippen LogP) is 2.31. The summed E-state index contributed by atoms with van der Waals surface area (Å²) >= 11 is 0. The molecule has 2 aromatic rings. The maximum absolute atomic E-state index is 13.3. The fraction of sp³-hybridized carbons (Fsp3) is 0. The second-order valence-corrected chi connectivity index (χ2v) is 3.96. The SMILES string of the molecule is Nc1ccc(C(=O)N/N=C/c2c(F)cccc2F)cc1. The maximum Gasteiger partial charge on any atom is 0.271 e. The molecule has 2 aromatic carbocycles. The molecule has 0 fully saturated rings. The highest BCUT2D eigenvalue weighted by atomic mass is 19.1. The molecule has 0 heterocycles. The molecule has 2 rings (SSSR count). The van der Waals surface area contributed by atoms with Crippen LogP contribution in [-0.4, -0.2) is 12.1 Å². The molecule has 0 bridgehead atoms. The minimum Gasteiger partial charge on any atom is -0.399 e. The van der Waals surface area contributed by atoms with Gasteiger partial charge in [-0.25, -0.2) is 14.2 Å². The van der Waals surface area contributed by atoms with E-state index in [0.717, 1.165) is 18.3 Å². The van der Waals surface area contributed by atoms with Crippen LogP contribution in [0.3, 0.4) is 0 Å². The summed E-state index contributed by atoms with van der Waals surface area (Å²) in [5.41, 5.74) is 8.22. The molecular formula is C14H11F2N3O. The van der Waals surface area contributed by atoms with Crippen LogP contribution < -0.4 is 11.2 Å². The molecule has 0 atom stereocenters. The third kappa shape index (κ3) is 3.17. The molecule has 4 nitrogen and oxygen atoms in total. The number of rotatable bonds is 3. The number of nitrogens with one attached hydrogen (secondary N) is 1. The van der Waals surface area contributed by atoms with Crippen molar-refractivity contribution in [3.8, 4) is 0 Å². The van der Waals surface area contributed by atoms with E-state index >= 15 is 0 Å². The van der Waals surface area contributed by atoms with E-state index in [4.69, 9.17) is 5.73 Å². The number of hydrazone groups is 1. The molecule has 0 aliphatic heterocycles. The molecule has 0 aliphatic carbocycles. The third-order valence-electron chi connectivity index (χ3n) is 2.53. The van der Waals surface area contributed by atoms with Gasteiger partial charge in [0.1, 0.15) is 11.6 Å². The largest absolute Gasteiger partial charge is 0.399 e.